The minimum Gasteiger partial charge on any atom is -0.477 e. The third kappa shape index (κ3) is 2.91. The summed E-state index contributed by atoms with van der Waals surface area (Å²) in [4.78, 5) is 11.0. The monoisotopic (exact) mass is 329 g/mol. The summed E-state index contributed by atoms with van der Waals surface area (Å²) in [5, 5.41) is 8.99. The molecule has 0 fully saturated rings. The molecular formula is C13H12FNO4S2. The number of carbonyl (C=O) groups is 1. The molecule has 21 heavy (non-hydrogen) atoms. The van der Waals surface area contributed by atoms with Gasteiger partial charge in [0.15, 0.2) is 0 Å². The normalized spacial score (nSPS) is 11.4. The highest BCUT2D eigenvalue weighted by Gasteiger charge is 2.26. The molecule has 0 aliphatic heterocycles. The summed E-state index contributed by atoms with van der Waals surface area (Å²) in [7, 11) is -2.63. The zero-order chi connectivity index (χ0) is 15.8. The molecule has 5 nitrogen and oxygen atoms in total. The molecule has 0 saturated heterocycles. The number of hydrogen-bond acceptors (Lipinski definition) is 4. The fourth-order valence-electron chi connectivity index (χ4n) is 1.74. The van der Waals surface area contributed by atoms with Crippen LogP contribution in [-0.2, 0) is 10.0 Å². The number of thiophene rings is 1. The summed E-state index contributed by atoms with van der Waals surface area (Å²) in [6, 6.07) is 6.47. The lowest BCUT2D eigenvalue weighted by molar-refractivity contribution is 0.0701. The van der Waals surface area contributed by atoms with Crippen molar-refractivity contribution in [1.29, 1.82) is 0 Å². The van der Waals surface area contributed by atoms with Crippen molar-refractivity contribution < 1.29 is 22.7 Å². The van der Waals surface area contributed by atoms with E-state index in [1.807, 2.05) is 0 Å². The lowest BCUT2D eigenvalue weighted by Gasteiger charge is -2.18. The van der Waals surface area contributed by atoms with Gasteiger partial charge >= 0.3 is 5.97 Å². The van der Waals surface area contributed by atoms with E-state index in [2.05, 4.69) is 0 Å². The minimum absolute atomic E-state index is 0.0267. The van der Waals surface area contributed by atoms with E-state index in [9.17, 15) is 17.6 Å². The Morgan fingerprint density at radius 2 is 2.00 bits per heavy atom. The molecular weight excluding hydrogens is 317 g/mol. The molecule has 1 N–H and O–H groups in total. The largest absolute Gasteiger partial charge is 0.477 e. The maximum Gasteiger partial charge on any atom is 0.346 e. The average Bonchev–Trinajstić information content (AvgIpc) is 2.80. The number of aromatic carboxylic acids is 1. The Morgan fingerprint density at radius 1 is 1.33 bits per heavy atom. The fraction of sp³-hybridized carbons (Fsp3) is 0.154. The number of hydrogen-bond donors (Lipinski definition) is 1. The summed E-state index contributed by atoms with van der Waals surface area (Å²) in [6.07, 6.45) is 0. The third-order valence-electron chi connectivity index (χ3n) is 2.88. The van der Waals surface area contributed by atoms with E-state index in [0.29, 0.717) is 16.9 Å². The van der Waals surface area contributed by atoms with Gasteiger partial charge in [-0.25, -0.2) is 17.6 Å². The smallest absolute Gasteiger partial charge is 0.346 e. The summed E-state index contributed by atoms with van der Waals surface area (Å²) in [6.45, 7) is 1.53. The van der Waals surface area contributed by atoms with Crippen LogP contribution in [0.4, 0.5) is 10.1 Å². The molecule has 2 rings (SSSR count). The Balaban J connectivity index is 2.47. The van der Waals surface area contributed by atoms with Crippen LogP contribution in [0.5, 0.6) is 0 Å². The number of carboxylic acids is 1. The minimum atomic E-state index is -3.92. The topological polar surface area (TPSA) is 74.7 Å². The van der Waals surface area contributed by atoms with Gasteiger partial charge in [-0.2, -0.15) is 0 Å². The van der Waals surface area contributed by atoms with E-state index in [-0.39, 0.29) is 14.8 Å². The molecule has 0 saturated carbocycles. The van der Waals surface area contributed by atoms with Gasteiger partial charge in [0.25, 0.3) is 10.0 Å². The molecule has 8 heteroatoms. The molecule has 0 bridgehead atoms. The van der Waals surface area contributed by atoms with Crippen molar-refractivity contribution in [2.75, 3.05) is 11.4 Å². The van der Waals surface area contributed by atoms with Crippen LogP contribution in [0.3, 0.4) is 0 Å². The van der Waals surface area contributed by atoms with Crippen LogP contribution < -0.4 is 4.31 Å². The van der Waals surface area contributed by atoms with E-state index < -0.39 is 21.8 Å². The van der Waals surface area contributed by atoms with Gasteiger partial charge in [0, 0.05) is 7.05 Å². The van der Waals surface area contributed by atoms with Crippen molar-refractivity contribution in [2.45, 2.75) is 11.1 Å². The summed E-state index contributed by atoms with van der Waals surface area (Å²) >= 11 is 0.679. The first-order valence-electron chi connectivity index (χ1n) is 5.81. The average molecular weight is 329 g/mol. The second kappa shape index (κ2) is 5.45. The standard InChI is InChI=1S/C13H12FNO4S2/c1-8-6-11(20-12(8)13(16)17)21(18,19)15(2)10-5-3-4-9(14)7-10/h3-7H,1-2H3,(H,16,17). The summed E-state index contributed by atoms with van der Waals surface area (Å²) in [5.74, 6) is -1.73. The van der Waals surface area contributed by atoms with Crippen LogP contribution in [0, 0.1) is 12.7 Å². The van der Waals surface area contributed by atoms with Crippen molar-refractivity contribution in [3.05, 3.63) is 46.6 Å². The first-order valence-corrected chi connectivity index (χ1v) is 8.07. The van der Waals surface area contributed by atoms with Crippen molar-refractivity contribution in [3.63, 3.8) is 0 Å². The second-order valence-corrected chi connectivity index (χ2v) is 7.58. The number of carboxylic acid groups (broad SMARTS) is 1. The lowest BCUT2D eigenvalue weighted by atomic mass is 10.3. The zero-order valence-corrected chi connectivity index (χ0v) is 12.8. The van der Waals surface area contributed by atoms with Crippen molar-refractivity contribution in [3.8, 4) is 0 Å². The van der Waals surface area contributed by atoms with Crippen molar-refractivity contribution in [2.24, 2.45) is 0 Å². The molecule has 2 aromatic rings. The Bertz CT molecular complexity index is 798. The van der Waals surface area contributed by atoms with Crippen molar-refractivity contribution >= 4 is 33.0 Å². The van der Waals surface area contributed by atoms with Crippen LogP contribution >= 0.6 is 11.3 Å². The molecule has 1 aromatic carbocycles. The molecule has 1 aromatic heterocycles. The number of anilines is 1. The Hall–Kier alpha value is -1.93. The first-order chi connectivity index (χ1) is 9.73. The maximum atomic E-state index is 13.2. The van der Waals surface area contributed by atoms with Gasteiger partial charge in [0.2, 0.25) is 0 Å². The van der Waals surface area contributed by atoms with Crippen LogP contribution in [0.2, 0.25) is 0 Å². The van der Waals surface area contributed by atoms with Gasteiger partial charge in [-0.05, 0) is 36.8 Å². The predicted octanol–water partition coefficient (Wildman–Crippen LogP) is 2.72. The van der Waals surface area contributed by atoms with E-state index in [1.54, 1.807) is 0 Å². The van der Waals surface area contributed by atoms with Gasteiger partial charge in [0.1, 0.15) is 14.9 Å². The number of benzene rings is 1. The zero-order valence-electron chi connectivity index (χ0n) is 11.2. The number of aryl methyl sites for hydroxylation is 1. The summed E-state index contributed by atoms with van der Waals surface area (Å²) < 4.78 is 38.9. The first kappa shape index (κ1) is 15.5. The Labute approximate surface area is 125 Å². The van der Waals surface area contributed by atoms with Gasteiger partial charge in [-0.3, -0.25) is 4.31 Å². The van der Waals surface area contributed by atoms with E-state index in [1.165, 1.54) is 38.2 Å². The lowest BCUT2D eigenvalue weighted by Crippen LogP contribution is -2.25. The highest BCUT2D eigenvalue weighted by atomic mass is 32.2. The second-order valence-electron chi connectivity index (χ2n) is 4.34. The SMILES string of the molecule is Cc1cc(S(=O)(=O)N(C)c2cccc(F)c2)sc1C(=O)O. The molecule has 0 radical (unpaired) electrons. The van der Waals surface area contributed by atoms with E-state index >= 15 is 0 Å². The van der Waals surface area contributed by atoms with Gasteiger partial charge in [-0.1, -0.05) is 6.07 Å². The summed E-state index contributed by atoms with van der Waals surface area (Å²) in [5.41, 5.74) is 0.539. The van der Waals surface area contributed by atoms with E-state index in [4.69, 9.17) is 5.11 Å². The highest BCUT2D eigenvalue weighted by Crippen LogP contribution is 2.30. The number of rotatable bonds is 4. The quantitative estimate of drug-likeness (QED) is 0.936. The van der Waals surface area contributed by atoms with Crippen LogP contribution in [0.15, 0.2) is 34.5 Å². The molecule has 0 aliphatic carbocycles. The van der Waals surface area contributed by atoms with Crippen LogP contribution in [0.1, 0.15) is 15.2 Å². The maximum absolute atomic E-state index is 13.2. The number of sulfonamides is 1. The Kier molecular flexibility index (Phi) is 4.02. The van der Waals surface area contributed by atoms with Gasteiger partial charge in [-0.15, -0.1) is 11.3 Å². The van der Waals surface area contributed by atoms with Crippen LogP contribution in [-0.4, -0.2) is 26.5 Å². The van der Waals surface area contributed by atoms with Crippen LogP contribution in [0.25, 0.3) is 0 Å². The molecule has 0 amide bonds. The van der Waals surface area contributed by atoms with Gasteiger partial charge < -0.3 is 5.11 Å². The molecule has 1 heterocycles. The Morgan fingerprint density at radius 3 is 2.52 bits per heavy atom. The fourth-order valence-corrected chi connectivity index (χ4v) is 4.48. The van der Waals surface area contributed by atoms with E-state index in [0.717, 1.165) is 10.4 Å². The highest BCUT2D eigenvalue weighted by molar-refractivity contribution is 7.94. The number of nitrogens with zero attached hydrogens (tertiary/aromatic N) is 1. The molecule has 0 atom stereocenters. The molecule has 0 unspecified atom stereocenters. The third-order valence-corrected chi connectivity index (χ3v) is 6.34. The molecule has 112 valence electrons. The molecule has 0 spiro atoms. The molecule has 0 aliphatic rings. The van der Waals surface area contributed by atoms with Gasteiger partial charge in [0.05, 0.1) is 5.69 Å². The number of halogens is 1. The van der Waals surface area contributed by atoms with Crippen molar-refractivity contribution in [1.82, 2.24) is 0 Å². The predicted molar refractivity (Wildman–Crippen MR) is 78.0 cm³/mol.